The number of hydrogen-bond donors (Lipinski definition) is 1. The Balaban J connectivity index is 0.00000208. The van der Waals surface area contributed by atoms with E-state index in [9.17, 15) is 4.79 Å². The molecule has 2 aromatic rings. The van der Waals surface area contributed by atoms with Gasteiger partial charge < -0.3 is 17.3 Å². The van der Waals surface area contributed by atoms with E-state index in [2.05, 4.69) is 19.9 Å². The van der Waals surface area contributed by atoms with E-state index >= 15 is 0 Å². The van der Waals surface area contributed by atoms with Crippen LogP contribution in [-0.2, 0) is 4.79 Å². The lowest BCUT2D eigenvalue weighted by atomic mass is 10.2. The summed E-state index contributed by atoms with van der Waals surface area (Å²) in [7, 11) is 0. The predicted octanol–water partition coefficient (Wildman–Crippen LogP) is 0.398. The third kappa shape index (κ3) is 3.72. The number of carbonyl (C=O) groups excluding carboxylic acids is 1. The first-order chi connectivity index (χ1) is 11.1. The molecule has 1 N–H and O–H groups in total. The molecule has 0 saturated heterocycles. The number of quaternary nitrogens is 1. The SMILES string of the molecule is CC[NH+](CC)CC(=O)N1c2ccccc2Sc2ccc(Cl)cc21.[Cl-]. The first-order valence-corrected chi connectivity index (χ1v) is 9.06. The van der Waals surface area contributed by atoms with Gasteiger partial charge in [-0.25, -0.2) is 0 Å². The lowest BCUT2D eigenvalue weighted by Gasteiger charge is -2.31. The number of rotatable bonds is 4. The van der Waals surface area contributed by atoms with E-state index < -0.39 is 0 Å². The molecule has 1 amide bonds. The number of halogens is 2. The smallest absolute Gasteiger partial charge is 0.286 e. The van der Waals surface area contributed by atoms with E-state index in [0.29, 0.717) is 11.6 Å². The monoisotopic (exact) mass is 382 g/mol. The van der Waals surface area contributed by atoms with Gasteiger partial charge in [0.15, 0.2) is 6.54 Å². The third-order valence-electron chi connectivity index (χ3n) is 4.14. The van der Waals surface area contributed by atoms with E-state index in [4.69, 9.17) is 11.6 Å². The van der Waals surface area contributed by atoms with Gasteiger partial charge in [0.2, 0.25) is 0 Å². The Hall–Kier alpha value is -1.20. The maximum Gasteiger partial charge on any atom is 0.286 e. The van der Waals surface area contributed by atoms with Crippen LogP contribution in [0.1, 0.15) is 13.8 Å². The fraction of sp³-hybridized carbons (Fsp3) is 0.278. The molecule has 128 valence electrons. The van der Waals surface area contributed by atoms with E-state index in [0.717, 1.165) is 34.3 Å². The Bertz CT molecular complexity index is 735. The van der Waals surface area contributed by atoms with Crippen molar-refractivity contribution in [3.63, 3.8) is 0 Å². The van der Waals surface area contributed by atoms with Crippen molar-refractivity contribution < 1.29 is 22.1 Å². The van der Waals surface area contributed by atoms with Crippen LogP contribution in [0, 0.1) is 0 Å². The van der Waals surface area contributed by atoms with Gasteiger partial charge in [-0.2, -0.15) is 0 Å². The van der Waals surface area contributed by atoms with Gasteiger partial charge in [0.05, 0.1) is 24.5 Å². The lowest BCUT2D eigenvalue weighted by Crippen LogP contribution is -3.12. The molecule has 0 atom stereocenters. The minimum atomic E-state index is 0. The molecule has 1 aliphatic heterocycles. The van der Waals surface area contributed by atoms with Crippen LogP contribution >= 0.6 is 23.4 Å². The Morgan fingerprint density at radius 2 is 1.75 bits per heavy atom. The fourth-order valence-corrected chi connectivity index (χ4v) is 3.99. The molecule has 1 heterocycles. The van der Waals surface area contributed by atoms with E-state index in [1.807, 2.05) is 41.3 Å². The Morgan fingerprint density at radius 1 is 1.08 bits per heavy atom. The summed E-state index contributed by atoms with van der Waals surface area (Å²) in [5.74, 6) is 0.111. The molecule has 0 bridgehead atoms. The van der Waals surface area contributed by atoms with Crippen molar-refractivity contribution in [1.29, 1.82) is 0 Å². The summed E-state index contributed by atoms with van der Waals surface area (Å²) < 4.78 is 0. The molecule has 0 fully saturated rings. The van der Waals surface area contributed by atoms with Crippen LogP contribution in [0.4, 0.5) is 11.4 Å². The second-order valence-electron chi connectivity index (χ2n) is 5.54. The summed E-state index contributed by atoms with van der Waals surface area (Å²) in [5, 5.41) is 0.650. The summed E-state index contributed by atoms with van der Waals surface area (Å²) in [6, 6.07) is 13.8. The average molecular weight is 383 g/mol. The zero-order valence-electron chi connectivity index (χ0n) is 13.7. The normalized spacial score (nSPS) is 12.4. The van der Waals surface area contributed by atoms with Gasteiger partial charge in [0.25, 0.3) is 5.91 Å². The first-order valence-electron chi connectivity index (χ1n) is 7.87. The van der Waals surface area contributed by atoms with Crippen LogP contribution in [0.2, 0.25) is 5.02 Å². The molecule has 0 saturated carbocycles. The van der Waals surface area contributed by atoms with Gasteiger partial charge in [0, 0.05) is 14.8 Å². The average Bonchev–Trinajstić information content (AvgIpc) is 2.57. The molecule has 0 unspecified atom stereocenters. The highest BCUT2D eigenvalue weighted by molar-refractivity contribution is 7.99. The van der Waals surface area contributed by atoms with Crippen LogP contribution in [0.3, 0.4) is 0 Å². The molecule has 1 aliphatic rings. The summed E-state index contributed by atoms with van der Waals surface area (Å²) in [5.41, 5.74) is 1.83. The minimum Gasteiger partial charge on any atom is -1.00 e. The number of amides is 1. The largest absolute Gasteiger partial charge is 1.00 e. The fourth-order valence-electron chi connectivity index (χ4n) is 2.79. The van der Waals surface area contributed by atoms with Crippen LogP contribution in [0.5, 0.6) is 0 Å². The Kier molecular flexibility index (Phi) is 6.58. The number of carbonyl (C=O) groups is 1. The van der Waals surface area contributed by atoms with Crippen molar-refractivity contribution in [2.24, 2.45) is 0 Å². The second-order valence-corrected chi connectivity index (χ2v) is 7.07. The van der Waals surface area contributed by atoms with E-state index in [1.165, 1.54) is 4.90 Å². The van der Waals surface area contributed by atoms with Crippen molar-refractivity contribution in [2.75, 3.05) is 24.5 Å². The summed E-state index contributed by atoms with van der Waals surface area (Å²) >= 11 is 7.87. The number of likely N-dealkylation sites (N-methyl/N-ethyl adjacent to an activating group) is 1. The number of para-hydroxylation sites is 1. The molecule has 3 rings (SSSR count). The van der Waals surface area contributed by atoms with Gasteiger partial charge in [-0.3, -0.25) is 9.69 Å². The lowest BCUT2D eigenvalue weighted by molar-refractivity contribution is -0.888. The van der Waals surface area contributed by atoms with Crippen molar-refractivity contribution in [2.45, 2.75) is 23.6 Å². The minimum absolute atomic E-state index is 0. The topological polar surface area (TPSA) is 24.8 Å². The molecule has 0 aliphatic carbocycles. The van der Waals surface area contributed by atoms with Gasteiger partial charge in [-0.05, 0) is 44.2 Å². The highest BCUT2D eigenvalue weighted by Gasteiger charge is 2.30. The number of hydrogen-bond acceptors (Lipinski definition) is 2. The summed E-state index contributed by atoms with van der Waals surface area (Å²) in [6.45, 7) is 6.58. The summed E-state index contributed by atoms with van der Waals surface area (Å²) in [6.07, 6.45) is 0. The van der Waals surface area contributed by atoms with Gasteiger partial charge in [-0.15, -0.1) is 0 Å². The zero-order chi connectivity index (χ0) is 16.4. The van der Waals surface area contributed by atoms with Gasteiger partial charge in [-0.1, -0.05) is 35.5 Å². The first kappa shape index (κ1) is 19.1. The number of anilines is 2. The number of benzene rings is 2. The highest BCUT2D eigenvalue weighted by atomic mass is 35.5. The second kappa shape index (κ2) is 8.26. The molecule has 0 aromatic heterocycles. The third-order valence-corrected chi connectivity index (χ3v) is 5.50. The maximum absolute atomic E-state index is 13.0. The molecule has 0 radical (unpaired) electrons. The van der Waals surface area contributed by atoms with Crippen molar-refractivity contribution in [3.05, 3.63) is 47.5 Å². The van der Waals surface area contributed by atoms with Gasteiger partial charge >= 0.3 is 0 Å². The predicted molar refractivity (Wildman–Crippen MR) is 96.1 cm³/mol. The van der Waals surface area contributed by atoms with Crippen LogP contribution < -0.4 is 22.2 Å². The van der Waals surface area contributed by atoms with E-state index in [1.54, 1.807) is 11.8 Å². The van der Waals surface area contributed by atoms with E-state index in [-0.39, 0.29) is 18.3 Å². The van der Waals surface area contributed by atoms with Crippen molar-refractivity contribution >= 4 is 40.6 Å². The standard InChI is InChI=1S/C18H19ClN2OS.ClH/c1-3-20(4-2)12-18(22)21-14-7-5-6-8-16(14)23-17-10-9-13(19)11-15(17)21;/h5-11H,3-4,12H2,1-2H3;1H. The number of fused-ring (bicyclic) bond motifs is 2. The number of nitrogens with one attached hydrogen (secondary N) is 1. The van der Waals surface area contributed by atoms with Crippen molar-refractivity contribution in [1.82, 2.24) is 0 Å². The number of nitrogens with zero attached hydrogens (tertiary/aromatic N) is 1. The zero-order valence-corrected chi connectivity index (χ0v) is 16.0. The van der Waals surface area contributed by atoms with Crippen molar-refractivity contribution in [3.8, 4) is 0 Å². The molecular formula is C18H20Cl2N2OS. The highest BCUT2D eigenvalue weighted by Crippen LogP contribution is 2.48. The van der Waals surface area contributed by atoms with Gasteiger partial charge in [0.1, 0.15) is 0 Å². The molecule has 3 nitrogen and oxygen atoms in total. The van der Waals surface area contributed by atoms with Crippen LogP contribution in [-0.4, -0.2) is 25.5 Å². The Morgan fingerprint density at radius 3 is 2.46 bits per heavy atom. The Labute approximate surface area is 158 Å². The summed E-state index contributed by atoms with van der Waals surface area (Å²) in [4.78, 5) is 18.3. The maximum atomic E-state index is 13.0. The molecule has 2 aromatic carbocycles. The molecular weight excluding hydrogens is 363 g/mol. The molecule has 24 heavy (non-hydrogen) atoms. The molecule has 0 spiro atoms. The van der Waals surface area contributed by atoms with Crippen LogP contribution in [0.25, 0.3) is 0 Å². The quantitative estimate of drug-likeness (QED) is 0.827. The molecule has 6 heteroatoms. The van der Waals surface area contributed by atoms with Crippen LogP contribution in [0.15, 0.2) is 52.3 Å².